The van der Waals surface area contributed by atoms with Crippen LogP contribution >= 0.6 is 23.1 Å². The minimum atomic E-state index is -0.763. The maximum absolute atomic E-state index is 14.9. The van der Waals surface area contributed by atoms with Gasteiger partial charge in [0.05, 0.1) is 30.8 Å². The highest BCUT2D eigenvalue weighted by Gasteiger charge is 2.42. The molecule has 1 aromatic carbocycles. The summed E-state index contributed by atoms with van der Waals surface area (Å²) in [5.74, 6) is -1.13. The van der Waals surface area contributed by atoms with Crippen LogP contribution in [0.3, 0.4) is 0 Å². The van der Waals surface area contributed by atoms with Gasteiger partial charge in [0, 0.05) is 22.7 Å². The van der Waals surface area contributed by atoms with Crippen molar-refractivity contribution in [2.75, 3.05) is 13.7 Å². The van der Waals surface area contributed by atoms with Crippen molar-refractivity contribution in [1.82, 2.24) is 10.2 Å². The summed E-state index contributed by atoms with van der Waals surface area (Å²) in [4.78, 5) is 33.1. The molecule has 2 aliphatic rings. The van der Waals surface area contributed by atoms with Crippen molar-refractivity contribution in [2.45, 2.75) is 32.2 Å². The number of amidine groups is 1. The van der Waals surface area contributed by atoms with E-state index in [1.54, 1.807) is 34.4 Å². The molecule has 1 N–H and O–H groups in total. The second-order valence-electron chi connectivity index (χ2n) is 7.48. The van der Waals surface area contributed by atoms with Crippen molar-refractivity contribution in [3.8, 4) is 0 Å². The van der Waals surface area contributed by atoms with Gasteiger partial charge in [-0.05, 0) is 35.8 Å². The van der Waals surface area contributed by atoms with Crippen LogP contribution in [0.15, 0.2) is 69.1 Å². The number of hydrogen-bond donors (Lipinski definition) is 1. The van der Waals surface area contributed by atoms with Gasteiger partial charge >= 0.3 is 5.97 Å². The molecule has 9 heteroatoms. The molecule has 2 aromatic rings. The van der Waals surface area contributed by atoms with Crippen LogP contribution in [0.5, 0.6) is 0 Å². The number of aliphatic imine (C=N–C) groups is 1. The summed E-state index contributed by atoms with van der Waals surface area (Å²) in [6.45, 7) is 2.43. The largest absolute Gasteiger partial charge is 0.466 e. The molecule has 1 amide bonds. The van der Waals surface area contributed by atoms with Gasteiger partial charge in [0.2, 0.25) is 5.91 Å². The third-order valence-corrected chi connectivity index (χ3v) is 7.27. The molecular weight excluding hydrogens is 461 g/mol. The lowest BCUT2D eigenvalue weighted by Crippen LogP contribution is -2.38. The molecule has 33 heavy (non-hydrogen) atoms. The fourth-order valence-electron chi connectivity index (χ4n) is 3.91. The Morgan fingerprint density at radius 3 is 2.76 bits per heavy atom. The molecule has 0 fully saturated rings. The maximum atomic E-state index is 14.9. The van der Waals surface area contributed by atoms with Crippen LogP contribution in [-0.2, 0) is 20.7 Å². The first-order chi connectivity index (χ1) is 16.0. The Bertz CT molecular complexity index is 1140. The summed E-state index contributed by atoms with van der Waals surface area (Å²) in [7, 11) is 1.30. The number of amides is 1. The van der Waals surface area contributed by atoms with E-state index >= 15 is 0 Å². The first-order valence-electron chi connectivity index (χ1n) is 10.6. The molecule has 2 aliphatic heterocycles. The second kappa shape index (κ2) is 10.4. The minimum Gasteiger partial charge on any atom is -0.466 e. The number of thioether (sulfide) groups is 1. The Morgan fingerprint density at radius 1 is 1.24 bits per heavy atom. The second-order valence-corrected chi connectivity index (χ2v) is 9.35. The predicted octanol–water partition coefficient (Wildman–Crippen LogP) is 4.77. The molecule has 4 rings (SSSR count). The van der Waals surface area contributed by atoms with E-state index in [1.165, 1.54) is 29.8 Å². The highest BCUT2D eigenvalue weighted by molar-refractivity contribution is 8.16. The van der Waals surface area contributed by atoms with Crippen LogP contribution in [0.4, 0.5) is 4.39 Å². The monoisotopic (exact) mass is 485 g/mol. The Morgan fingerprint density at radius 2 is 2.06 bits per heavy atom. The molecule has 0 spiro atoms. The number of carbonyl (C=O) groups excluding carboxylic acids is 2. The van der Waals surface area contributed by atoms with E-state index in [0.717, 1.165) is 6.42 Å². The molecule has 0 bridgehead atoms. The van der Waals surface area contributed by atoms with Crippen LogP contribution in [0.25, 0.3) is 0 Å². The number of hydrogen-bond acceptors (Lipinski definition) is 7. The maximum Gasteiger partial charge on any atom is 0.338 e. The van der Waals surface area contributed by atoms with Gasteiger partial charge in [0.1, 0.15) is 5.82 Å². The van der Waals surface area contributed by atoms with Crippen LogP contribution in [-0.4, -0.2) is 35.6 Å². The lowest BCUT2D eigenvalue weighted by Gasteiger charge is -2.36. The Kier molecular flexibility index (Phi) is 7.29. The number of esters is 1. The van der Waals surface area contributed by atoms with Gasteiger partial charge in [0.15, 0.2) is 5.17 Å². The number of ether oxygens (including phenoxy) is 1. The van der Waals surface area contributed by atoms with E-state index in [4.69, 9.17) is 4.74 Å². The predicted molar refractivity (Wildman–Crippen MR) is 129 cm³/mol. The zero-order chi connectivity index (χ0) is 23.4. The summed E-state index contributed by atoms with van der Waals surface area (Å²) < 4.78 is 20.0. The Hall–Kier alpha value is -2.91. The average Bonchev–Trinajstić information content (AvgIpc) is 3.48. The molecular formula is C24H24FN3O3S2. The van der Waals surface area contributed by atoms with Crippen LogP contribution in [0.1, 0.15) is 36.2 Å². The minimum absolute atomic E-state index is 0.0946. The number of benzene rings is 1. The third kappa shape index (κ3) is 4.89. The summed E-state index contributed by atoms with van der Waals surface area (Å²) >= 11 is 3.02. The van der Waals surface area contributed by atoms with Gasteiger partial charge in [-0.25, -0.2) is 14.2 Å². The van der Waals surface area contributed by atoms with Crippen molar-refractivity contribution in [2.24, 2.45) is 4.99 Å². The van der Waals surface area contributed by atoms with E-state index in [9.17, 15) is 14.0 Å². The van der Waals surface area contributed by atoms with E-state index < -0.39 is 17.8 Å². The summed E-state index contributed by atoms with van der Waals surface area (Å²) in [6, 6.07) is 9.62. The topological polar surface area (TPSA) is 71.0 Å². The van der Waals surface area contributed by atoms with Gasteiger partial charge in [-0.1, -0.05) is 43.0 Å². The van der Waals surface area contributed by atoms with Crippen molar-refractivity contribution < 1.29 is 18.7 Å². The number of nitrogens with one attached hydrogen (secondary N) is 1. The van der Waals surface area contributed by atoms with Gasteiger partial charge in [-0.3, -0.25) is 4.79 Å². The first kappa shape index (κ1) is 23.3. The number of thiophene rings is 1. The molecule has 0 radical (unpaired) electrons. The van der Waals surface area contributed by atoms with Crippen molar-refractivity contribution in [3.63, 3.8) is 0 Å². The van der Waals surface area contributed by atoms with Crippen LogP contribution in [0.2, 0.25) is 0 Å². The van der Waals surface area contributed by atoms with Crippen molar-refractivity contribution >= 4 is 40.1 Å². The summed E-state index contributed by atoms with van der Waals surface area (Å²) in [6.07, 6.45) is 1.35. The number of allylic oxidation sites excluding steroid dienone is 1. The Balaban J connectivity index is 1.60. The molecule has 0 aliphatic carbocycles. The molecule has 3 heterocycles. The molecule has 0 saturated carbocycles. The van der Waals surface area contributed by atoms with Crippen LogP contribution in [0, 0.1) is 5.82 Å². The average molecular weight is 486 g/mol. The number of fused-ring (bicyclic) bond motifs is 1. The lowest BCUT2D eigenvalue weighted by molar-refractivity contribution is -0.136. The fourth-order valence-corrected chi connectivity index (χ4v) is 5.56. The number of halogens is 1. The lowest BCUT2D eigenvalue weighted by atomic mass is 9.92. The van der Waals surface area contributed by atoms with E-state index in [1.807, 2.05) is 29.8 Å². The highest BCUT2D eigenvalue weighted by Crippen LogP contribution is 2.45. The zero-order valence-electron chi connectivity index (χ0n) is 18.3. The van der Waals surface area contributed by atoms with Gasteiger partial charge in [-0.15, -0.1) is 11.3 Å². The fraction of sp³-hybridized carbons (Fsp3) is 0.292. The number of carbonyl (C=O) groups is 2. The van der Waals surface area contributed by atoms with Gasteiger partial charge in [0.25, 0.3) is 0 Å². The first-order valence-corrected chi connectivity index (χ1v) is 12.4. The van der Waals surface area contributed by atoms with Gasteiger partial charge in [-0.2, -0.15) is 0 Å². The Labute approximate surface area is 200 Å². The molecule has 0 unspecified atom stereocenters. The molecule has 6 nitrogen and oxygen atoms in total. The molecule has 1 atom stereocenters. The summed E-state index contributed by atoms with van der Waals surface area (Å²) in [5.41, 5.74) is 1.85. The smallest absolute Gasteiger partial charge is 0.338 e. The SMILES string of the molecule is CCC1=C(C(=O)OC)[C@@H](c2ccccc2F)N2C(CC(=O)NCCc3cccs3)=CSC2=N1. The number of nitrogens with zero attached hydrogens (tertiary/aromatic N) is 2. The molecule has 172 valence electrons. The van der Waals surface area contributed by atoms with Gasteiger partial charge < -0.3 is 15.0 Å². The quantitative estimate of drug-likeness (QED) is 0.545. The van der Waals surface area contributed by atoms with E-state index in [-0.39, 0.29) is 12.3 Å². The third-order valence-electron chi connectivity index (χ3n) is 5.44. The standard InChI is InChI=1S/C24H24FN3O3S2/c1-3-19-21(23(30)31-2)22(17-8-4-5-9-18(17)25)28-15(14-33-24(28)27-19)13-20(29)26-11-10-16-7-6-12-32-16/h4-9,12,14,22H,3,10-11,13H2,1-2H3,(H,26,29)/t22-/m1/s1. The van der Waals surface area contributed by atoms with E-state index in [2.05, 4.69) is 10.3 Å². The number of methoxy groups -OCH3 is 1. The van der Waals surface area contributed by atoms with Crippen molar-refractivity contribution in [3.05, 3.63) is 80.4 Å². The van der Waals surface area contributed by atoms with Crippen molar-refractivity contribution in [1.29, 1.82) is 0 Å². The highest BCUT2D eigenvalue weighted by atomic mass is 32.2. The van der Waals surface area contributed by atoms with Crippen LogP contribution < -0.4 is 5.32 Å². The normalized spacial score (nSPS) is 17.4. The zero-order valence-corrected chi connectivity index (χ0v) is 20.0. The van der Waals surface area contributed by atoms with E-state index in [0.29, 0.717) is 40.7 Å². The summed E-state index contributed by atoms with van der Waals surface area (Å²) in [5, 5.41) is 7.42. The molecule has 1 aromatic heterocycles. The molecule has 0 saturated heterocycles. The number of rotatable bonds is 8.